The van der Waals surface area contributed by atoms with Crippen molar-refractivity contribution in [1.82, 2.24) is 4.98 Å². The number of hydrogen-bond acceptors (Lipinski definition) is 2. The van der Waals surface area contributed by atoms with Crippen LogP contribution in [0.15, 0.2) is 72.8 Å². The van der Waals surface area contributed by atoms with Crippen LogP contribution >= 0.6 is 0 Å². The maximum absolute atomic E-state index is 5.87. The van der Waals surface area contributed by atoms with Crippen molar-refractivity contribution in [3.8, 4) is 11.1 Å². The minimum Gasteiger partial charge on any atom is -0.325 e. The number of aromatic nitrogens is 1. The van der Waals surface area contributed by atoms with Crippen LogP contribution in [-0.2, 0) is 6.54 Å². The zero-order valence-electron chi connectivity index (χ0n) is 12.2. The van der Waals surface area contributed by atoms with Crippen LogP contribution in [0.2, 0.25) is 0 Å². The predicted molar refractivity (Wildman–Crippen MR) is 92.6 cm³/mol. The average molecular weight is 284 g/mol. The van der Waals surface area contributed by atoms with Gasteiger partial charge in [0, 0.05) is 17.3 Å². The number of hydrogen-bond donors (Lipinski definition) is 1. The third kappa shape index (κ3) is 2.05. The molecule has 0 aliphatic carbocycles. The SMILES string of the molecule is NCc1cc(-c2ccccc2)c2ccc3ccccc3c2n1. The number of fused-ring (bicyclic) bond motifs is 3. The number of nitrogens with zero attached hydrogens (tertiary/aromatic N) is 1. The maximum Gasteiger partial charge on any atom is 0.0790 e. The lowest BCUT2D eigenvalue weighted by Crippen LogP contribution is -2.01. The van der Waals surface area contributed by atoms with E-state index in [2.05, 4.69) is 66.7 Å². The van der Waals surface area contributed by atoms with E-state index < -0.39 is 0 Å². The standard InChI is InChI=1S/C20H16N2/c21-13-16-12-19(14-6-2-1-3-7-14)18-11-10-15-8-4-5-9-17(15)20(18)22-16/h1-12H,13,21H2. The molecular weight excluding hydrogens is 268 g/mol. The molecule has 0 amide bonds. The highest BCUT2D eigenvalue weighted by molar-refractivity contribution is 6.09. The normalized spacial score (nSPS) is 11.1. The largest absolute Gasteiger partial charge is 0.325 e. The molecule has 2 heteroatoms. The van der Waals surface area contributed by atoms with Crippen molar-refractivity contribution in [3.63, 3.8) is 0 Å². The fraction of sp³-hybridized carbons (Fsp3) is 0.0500. The number of nitrogens with two attached hydrogens (primary N) is 1. The molecule has 0 saturated heterocycles. The molecule has 4 aromatic rings. The molecule has 2 N–H and O–H groups in total. The second kappa shape index (κ2) is 5.24. The third-order valence-electron chi connectivity index (χ3n) is 4.05. The summed E-state index contributed by atoms with van der Waals surface area (Å²) in [5.74, 6) is 0. The minimum absolute atomic E-state index is 0.443. The van der Waals surface area contributed by atoms with E-state index in [1.54, 1.807) is 0 Å². The van der Waals surface area contributed by atoms with E-state index in [1.807, 2.05) is 6.07 Å². The third-order valence-corrected chi connectivity index (χ3v) is 4.05. The van der Waals surface area contributed by atoms with Gasteiger partial charge in [0.25, 0.3) is 0 Å². The van der Waals surface area contributed by atoms with Gasteiger partial charge in [-0.05, 0) is 22.6 Å². The molecule has 0 fully saturated rings. The quantitative estimate of drug-likeness (QED) is 0.550. The van der Waals surface area contributed by atoms with Crippen molar-refractivity contribution in [3.05, 3.63) is 78.5 Å². The van der Waals surface area contributed by atoms with Gasteiger partial charge in [0.05, 0.1) is 11.2 Å². The van der Waals surface area contributed by atoms with E-state index in [-0.39, 0.29) is 0 Å². The van der Waals surface area contributed by atoms with Crippen molar-refractivity contribution in [2.75, 3.05) is 0 Å². The van der Waals surface area contributed by atoms with Crippen molar-refractivity contribution in [2.45, 2.75) is 6.54 Å². The number of rotatable bonds is 2. The molecule has 4 rings (SSSR count). The van der Waals surface area contributed by atoms with Crippen molar-refractivity contribution in [1.29, 1.82) is 0 Å². The first-order chi connectivity index (χ1) is 10.9. The Bertz CT molecular complexity index is 959. The molecule has 1 heterocycles. The lowest BCUT2D eigenvalue weighted by Gasteiger charge is -2.11. The first-order valence-corrected chi connectivity index (χ1v) is 7.44. The summed E-state index contributed by atoms with van der Waals surface area (Å²) in [6.45, 7) is 0.443. The minimum atomic E-state index is 0.443. The smallest absolute Gasteiger partial charge is 0.0790 e. The second-order valence-corrected chi connectivity index (χ2v) is 5.41. The summed E-state index contributed by atoms with van der Waals surface area (Å²) in [5.41, 5.74) is 10.2. The van der Waals surface area contributed by atoms with Gasteiger partial charge in [-0.2, -0.15) is 0 Å². The van der Waals surface area contributed by atoms with Crippen LogP contribution in [-0.4, -0.2) is 4.98 Å². The van der Waals surface area contributed by atoms with E-state index in [1.165, 1.54) is 27.3 Å². The zero-order valence-corrected chi connectivity index (χ0v) is 12.2. The first kappa shape index (κ1) is 13.0. The van der Waals surface area contributed by atoms with Crippen LogP contribution < -0.4 is 5.73 Å². The van der Waals surface area contributed by atoms with E-state index >= 15 is 0 Å². The Balaban J connectivity index is 2.14. The average Bonchev–Trinajstić information content (AvgIpc) is 2.61. The Hall–Kier alpha value is -2.71. The monoisotopic (exact) mass is 284 g/mol. The highest BCUT2D eigenvalue weighted by atomic mass is 14.7. The Morgan fingerprint density at radius 3 is 2.36 bits per heavy atom. The fourth-order valence-corrected chi connectivity index (χ4v) is 2.97. The highest BCUT2D eigenvalue weighted by Gasteiger charge is 2.09. The maximum atomic E-state index is 5.87. The van der Waals surface area contributed by atoms with Gasteiger partial charge in [-0.25, -0.2) is 0 Å². The van der Waals surface area contributed by atoms with E-state index in [4.69, 9.17) is 10.7 Å². The van der Waals surface area contributed by atoms with Crippen LogP contribution in [0.1, 0.15) is 5.69 Å². The molecule has 106 valence electrons. The second-order valence-electron chi connectivity index (χ2n) is 5.41. The van der Waals surface area contributed by atoms with Crippen molar-refractivity contribution >= 4 is 21.7 Å². The van der Waals surface area contributed by atoms with Gasteiger partial charge in [0.15, 0.2) is 0 Å². The Morgan fingerprint density at radius 2 is 1.55 bits per heavy atom. The van der Waals surface area contributed by atoms with Crippen LogP contribution in [0, 0.1) is 0 Å². The lowest BCUT2D eigenvalue weighted by molar-refractivity contribution is 1.01. The summed E-state index contributed by atoms with van der Waals surface area (Å²) in [4.78, 5) is 4.78. The van der Waals surface area contributed by atoms with E-state index in [0.717, 1.165) is 11.2 Å². The van der Waals surface area contributed by atoms with Crippen LogP contribution in [0.3, 0.4) is 0 Å². The molecule has 0 unspecified atom stereocenters. The van der Waals surface area contributed by atoms with Crippen molar-refractivity contribution in [2.24, 2.45) is 5.73 Å². The Labute approximate surface area is 129 Å². The summed E-state index contributed by atoms with van der Waals surface area (Å²) in [5, 5.41) is 3.55. The van der Waals surface area contributed by atoms with Gasteiger partial charge < -0.3 is 5.73 Å². The molecule has 0 aliphatic heterocycles. The molecule has 0 bridgehead atoms. The van der Waals surface area contributed by atoms with Gasteiger partial charge in [-0.15, -0.1) is 0 Å². The fourth-order valence-electron chi connectivity index (χ4n) is 2.97. The summed E-state index contributed by atoms with van der Waals surface area (Å²) < 4.78 is 0. The van der Waals surface area contributed by atoms with Gasteiger partial charge in [-0.1, -0.05) is 66.7 Å². The Kier molecular flexibility index (Phi) is 3.10. The van der Waals surface area contributed by atoms with Crippen molar-refractivity contribution < 1.29 is 0 Å². The number of benzene rings is 3. The molecule has 0 atom stereocenters. The van der Waals surface area contributed by atoms with Gasteiger partial charge >= 0.3 is 0 Å². The summed E-state index contributed by atoms with van der Waals surface area (Å²) in [6, 6.07) is 25.2. The van der Waals surface area contributed by atoms with Crippen LogP contribution in [0.5, 0.6) is 0 Å². The van der Waals surface area contributed by atoms with Gasteiger partial charge in [-0.3, -0.25) is 4.98 Å². The molecule has 3 aromatic carbocycles. The molecule has 0 saturated carbocycles. The highest BCUT2D eigenvalue weighted by Crippen LogP contribution is 2.32. The summed E-state index contributed by atoms with van der Waals surface area (Å²) in [7, 11) is 0. The topological polar surface area (TPSA) is 38.9 Å². The molecular formula is C20H16N2. The molecule has 2 nitrogen and oxygen atoms in total. The summed E-state index contributed by atoms with van der Waals surface area (Å²) in [6.07, 6.45) is 0. The molecule has 0 spiro atoms. The molecule has 22 heavy (non-hydrogen) atoms. The van der Waals surface area contributed by atoms with Gasteiger partial charge in [0.2, 0.25) is 0 Å². The van der Waals surface area contributed by atoms with E-state index in [0.29, 0.717) is 6.54 Å². The Morgan fingerprint density at radius 1 is 0.773 bits per heavy atom. The zero-order chi connectivity index (χ0) is 14.9. The lowest BCUT2D eigenvalue weighted by atomic mass is 9.97. The molecule has 0 radical (unpaired) electrons. The molecule has 1 aromatic heterocycles. The molecule has 0 aliphatic rings. The first-order valence-electron chi connectivity index (χ1n) is 7.44. The van der Waals surface area contributed by atoms with Crippen LogP contribution in [0.25, 0.3) is 32.8 Å². The summed E-state index contributed by atoms with van der Waals surface area (Å²) >= 11 is 0. The number of pyridine rings is 1. The van der Waals surface area contributed by atoms with Crippen LogP contribution in [0.4, 0.5) is 0 Å². The van der Waals surface area contributed by atoms with Gasteiger partial charge in [0.1, 0.15) is 0 Å². The predicted octanol–water partition coefficient (Wildman–Crippen LogP) is 4.51. The van der Waals surface area contributed by atoms with E-state index in [9.17, 15) is 0 Å².